The Morgan fingerprint density at radius 3 is 2.59 bits per heavy atom. The molecule has 6 fully saturated rings. The predicted octanol–water partition coefficient (Wildman–Crippen LogP) is 3.71. The van der Waals surface area contributed by atoms with E-state index in [4.69, 9.17) is 0 Å². The molecule has 6 aliphatic carbocycles. The van der Waals surface area contributed by atoms with Crippen LogP contribution in [-0.4, -0.2) is 0 Å². The molecule has 0 heteroatoms. The van der Waals surface area contributed by atoms with E-state index in [1.165, 1.54) is 41.4 Å². The lowest BCUT2D eigenvalue weighted by molar-refractivity contribution is -0.307. The fraction of sp³-hybridized carbons (Fsp3) is 1.00. The molecule has 0 amide bonds. The molecule has 0 aromatic heterocycles. The Balaban J connectivity index is 1.70. The summed E-state index contributed by atoms with van der Waals surface area (Å²) in [5.41, 5.74) is 2.72. The Morgan fingerprint density at radius 2 is 1.65 bits per heavy atom. The largest absolute Gasteiger partial charge is 0.0591 e. The van der Waals surface area contributed by atoms with Gasteiger partial charge in [0.1, 0.15) is 0 Å². The summed E-state index contributed by atoms with van der Waals surface area (Å²) in [5.74, 6) is 8.48. The van der Waals surface area contributed by atoms with Crippen LogP contribution in [0.25, 0.3) is 0 Å². The van der Waals surface area contributed by atoms with E-state index in [0.717, 1.165) is 16.2 Å². The van der Waals surface area contributed by atoms with E-state index in [9.17, 15) is 0 Å². The first-order valence-corrected chi connectivity index (χ1v) is 8.19. The van der Waals surface area contributed by atoms with Gasteiger partial charge in [-0.05, 0) is 96.2 Å². The minimum Gasteiger partial charge on any atom is -0.0591 e. The predicted molar refractivity (Wildman–Crippen MR) is 65.1 cm³/mol. The molecule has 10 atom stereocenters. The monoisotopic (exact) mass is 226 g/mol. The molecular formula is C17H22. The summed E-state index contributed by atoms with van der Waals surface area (Å²) in [6.45, 7) is 2.75. The van der Waals surface area contributed by atoms with E-state index < -0.39 is 0 Å². The van der Waals surface area contributed by atoms with Crippen LogP contribution in [0.2, 0.25) is 0 Å². The highest BCUT2D eigenvalue weighted by atomic mass is 14.9. The lowest BCUT2D eigenvalue weighted by Gasteiger charge is -2.78. The van der Waals surface area contributed by atoms with Crippen molar-refractivity contribution in [2.45, 2.75) is 45.4 Å². The lowest BCUT2D eigenvalue weighted by atomic mass is 9.26. The van der Waals surface area contributed by atoms with Gasteiger partial charge >= 0.3 is 0 Å². The van der Waals surface area contributed by atoms with Gasteiger partial charge in [0.15, 0.2) is 0 Å². The highest BCUT2D eigenvalue weighted by Crippen LogP contribution is 2.97. The molecule has 17 heavy (non-hydrogen) atoms. The van der Waals surface area contributed by atoms with Crippen molar-refractivity contribution in [3.05, 3.63) is 0 Å². The first-order chi connectivity index (χ1) is 8.19. The first-order valence-electron chi connectivity index (χ1n) is 8.19. The second kappa shape index (κ2) is 1.78. The highest BCUT2D eigenvalue weighted by Gasteiger charge is 2.91. The van der Waals surface area contributed by atoms with Crippen molar-refractivity contribution in [2.24, 2.45) is 57.7 Å². The smallest absolute Gasteiger partial charge is 0.0216 e. The van der Waals surface area contributed by atoms with Crippen LogP contribution in [0.15, 0.2) is 0 Å². The Bertz CT molecular complexity index is 494. The average molecular weight is 226 g/mol. The second-order valence-corrected chi connectivity index (χ2v) is 9.59. The van der Waals surface area contributed by atoms with Crippen LogP contribution in [0.4, 0.5) is 0 Å². The molecule has 5 bridgehead atoms. The molecule has 6 saturated carbocycles. The second-order valence-electron chi connectivity index (χ2n) is 9.59. The fourth-order valence-corrected chi connectivity index (χ4v) is 10.6. The van der Waals surface area contributed by atoms with Gasteiger partial charge in [-0.3, -0.25) is 0 Å². The normalized spacial score (nSPS) is 87.0. The molecule has 1 spiro atoms. The molecule has 0 aliphatic heterocycles. The van der Waals surface area contributed by atoms with Gasteiger partial charge in [0, 0.05) is 0 Å². The molecule has 0 radical (unpaired) electrons. The molecule has 10 unspecified atom stereocenters. The Kier molecular flexibility index (Phi) is 0.860. The maximum Gasteiger partial charge on any atom is -0.0216 e. The summed E-state index contributed by atoms with van der Waals surface area (Å²) in [4.78, 5) is 0. The van der Waals surface area contributed by atoms with Crippen molar-refractivity contribution in [3.63, 3.8) is 0 Å². The minimum atomic E-state index is 0.827. The molecule has 0 nitrogen and oxygen atoms in total. The maximum atomic E-state index is 2.75. The van der Waals surface area contributed by atoms with Crippen molar-refractivity contribution in [1.82, 2.24) is 0 Å². The van der Waals surface area contributed by atoms with E-state index in [2.05, 4.69) is 6.92 Å². The van der Waals surface area contributed by atoms with E-state index in [-0.39, 0.29) is 0 Å². The SMILES string of the molecule is CC12CC34CC5CC1C3C13CC(CC2C5C1)C34. The van der Waals surface area contributed by atoms with Crippen LogP contribution in [0.3, 0.4) is 0 Å². The summed E-state index contributed by atoms with van der Waals surface area (Å²) >= 11 is 0. The summed E-state index contributed by atoms with van der Waals surface area (Å²) in [5, 5.41) is 0. The summed E-state index contributed by atoms with van der Waals surface area (Å²) < 4.78 is 0. The van der Waals surface area contributed by atoms with Crippen molar-refractivity contribution in [3.8, 4) is 0 Å². The van der Waals surface area contributed by atoms with E-state index in [0.29, 0.717) is 0 Å². The van der Waals surface area contributed by atoms with E-state index in [1.54, 1.807) is 38.5 Å². The third kappa shape index (κ3) is 0.478. The summed E-state index contributed by atoms with van der Waals surface area (Å²) in [6, 6.07) is 0. The molecule has 0 aromatic carbocycles. The van der Waals surface area contributed by atoms with Crippen LogP contribution in [0, 0.1) is 57.7 Å². The van der Waals surface area contributed by atoms with Gasteiger partial charge in [-0.15, -0.1) is 0 Å². The van der Waals surface area contributed by atoms with Gasteiger partial charge in [0.25, 0.3) is 0 Å². The summed E-state index contributed by atoms with van der Waals surface area (Å²) in [6.07, 6.45) is 10.1. The zero-order valence-electron chi connectivity index (χ0n) is 10.8. The van der Waals surface area contributed by atoms with Crippen LogP contribution in [0.1, 0.15) is 45.4 Å². The van der Waals surface area contributed by atoms with Crippen LogP contribution >= 0.6 is 0 Å². The Hall–Kier alpha value is 0. The third-order valence-electron chi connectivity index (χ3n) is 9.89. The number of fused-ring (bicyclic) bond motifs is 6. The number of hydrogen-bond acceptors (Lipinski definition) is 0. The van der Waals surface area contributed by atoms with Crippen molar-refractivity contribution >= 4 is 0 Å². The van der Waals surface area contributed by atoms with Crippen LogP contribution in [0.5, 0.6) is 0 Å². The van der Waals surface area contributed by atoms with Gasteiger partial charge in [0.05, 0.1) is 0 Å². The fourth-order valence-electron chi connectivity index (χ4n) is 10.6. The van der Waals surface area contributed by atoms with Gasteiger partial charge in [-0.1, -0.05) is 6.92 Å². The highest BCUT2D eigenvalue weighted by molar-refractivity contribution is 5.39. The molecule has 0 saturated heterocycles. The molecule has 90 valence electrons. The Morgan fingerprint density at radius 1 is 0.824 bits per heavy atom. The number of hydrogen-bond donors (Lipinski definition) is 0. The van der Waals surface area contributed by atoms with Crippen LogP contribution < -0.4 is 0 Å². The molecular weight excluding hydrogens is 204 g/mol. The zero-order chi connectivity index (χ0) is 10.8. The first kappa shape index (κ1) is 8.23. The molecule has 6 aliphatic rings. The quantitative estimate of drug-likeness (QED) is 0.590. The topological polar surface area (TPSA) is 0 Å². The zero-order valence-corrected chi connectivity index (χ0v) is 10.8. The maximum absolute atomic E-state index is 2.75. The van der Waals surface area contributed by atoms with E-state index in [1.807, 2.05) is 0 Å². The van der Waals surface area contributed by atoms with Gasteiger partial charge < -0.3 is 0 Å². The van der Waals surface area contributed by atoms with E-state index >= 15 is 0 Å². The molecule has 0 N–H and O–H groups in total. The standard InChI is InChI=1S/C17H22/c1-15-7-17-4-8-2-12(15)14(17)16-5-9(13(16)17)3-11(15)10(8)6-16/h8-14H,2-7H2,1H3. The summed E-state index contributed by atoms with van der Waals surface area (Å²) in [7, 11) is 0. The Labute approximate surface area is 104 Å². The van der Waals surface area contributed by atoms with Gasteiger partial charge in [-0.25, -0.2) is 0 Å². The molecule has 0 heterocycles. The average Bonchev–Trinajstić information content (AvgIpc) is 2.63. The van der Waals surface area contributed by atoms with Gasteiger partial charge in [0.2, 0.25) is 0 Å². The van der Waals surface area contributed by atoms with Crippen LogP contribution in [-0.2, 0) is 0 Å². The third-order valence-corrected chi connectivity index (χ3v) is 9.89. The van der Waals surface area contributed by atoms with Crippen molar-refractivity contribution < 1.29 is 0 Å². The van der Waals surface area contributed by atoms with Crippen molar-refractivity contribution in [2.75, 3.05) is 0 Å². The molecule has 6 rings (SSSR count). The minimum absolute atomic E-state index is 0.827. The lowest BCUT2D eigenvalue weighted by Crippen LogP contribution is -2.73. The number of rotatable bonds is 0. The van der Waals surface area contributed by atoms with Crippen molar-refractivity contribution in [1.29, 1.82) is 0 Å². The molecule has 0 aromatic rings. The van der Waals surface area contributed by atoms with Gasteiger partial charge in [-0.2, -0.15) is 0 Å².